The second-order valence-corrected chi connectivity index (χ2v) is 12.0. The van der Waals surface area contributed by atoms with E-state index < -0.39 is 0 Å². The Bertz CT molecular complexity index is 1090. The zero-order valence-corrected chi connectivity index (χ0v) is 28.5. The molecule has 1 heterocycles. The second-order valence-electron chi connectivity index (χ2n) is 10.6. The molecule has 0 spiro atoms. The predicted octanol–water partition coefficient (Wildman–Crippen LogP) is 10.6. The minimum absolute atomic E-state index is 0.0942. The van der Waals surface area contributed by atoms with E-state index in [2.05, 4.69) is 67.0 Å². The minimum atomic E-state index is -0.210. The van der Waals surface area contributed by atoms with Crippen LogP contribution in [0, 0.1) is 11.8 Å². The summed E-state index contributed by atoms with van der Waals surface area (Å²) in [5.41, 5.74) is 1.90. The number of hydrogen-bond acceptors (Lipinski definition) is 8. The first-order valence-electron chi connectivity index (χ1n) is 15.5. The molecule has 2 atom stereocenters. The van der Waals surface area contributed by atoms with E-state index in [1.807, 2.05) is 6.07 Å². The number of azo groups is 1. The number of carbonyl (C=O) groups is 2. The number of nitrogens with one attached hydrogen (secondary N) is 1. The summed E-state index contributed by atoms with van der Waals surface area (Å²) in [5, 5.41) is 11.8. The maximum atomic E-state index is 12.2. The van der Waals surface area contributed by atoms with E-state index in [4.69, 9.17) is 16.3 Å². The fourth-order valence-electron chi connectivity index (χ4n) is 4.58. The first-order chi connectivity index (χ1) is 20.2. The van der Waals surface area contributed by atoms with Crippen LogP contribution >= 0.6 is 22.9 Å². The zero-order chi connectivity index (χ0) is 31.5. The molecule has 0 fully saturated rings. The zero-order valence-electron chi connectivity index (χ0n) is 27.0. The second kappa shape index (κ2) is 21.2. The highest BCUT2D eigenvalue weighted by atomic mass is 35.5. The Morgan fingerprint density at radius 3 is 2.05 bits per heavy atom. The van der Waals surface area contributed by atoms with Crippen molar-refractivity contribution in [1.82, 2.24) is 4.98 Å². The number of anilines is 2. The van der Waals surface area contributed by atoms with Crippen LogP contribution in [0.3, 0.4) is 0 Å². The summed E-state index contributed by atoms with van der Waals surface area (Å²) in [6.07, 6.45) is 11.2. The van der Waals surface area contributed by atoms with Gasteiger partial charge in [-0.15, -0.1) is 10.2 Å². The van der Waals surface area contributed by atoms with Crippen molar-refractivity contribution in [2.75, 3.05) is 30.4 Å². The van der Waals surface area contributed by atoms with Crippen molar-refractivity contribution < 1.29 is 14.3 Å². The van der Waals surface area contributed by atoms with Crippen molar-refractivity contribution in [2.24, 2.45) is 22.1 Å². The van der Waals surface area contributed by atoms with Crippen LogP contribution in [-0.4, -0.2) is 37.4 Å². The molecule has 0 aliphatic carbocycles. The van der Waals surface area contributed by atoms with Crippen molar-refractivity contribution in [3.8, 4) is 5.75 Å². The molecule has 1 N–H and O–H groups in total. The number of unbranched alkanes of at least 4 members (excludes halogenated alkanes) is 2. The van der Waals surface area contributed by atoms with E-state index in [1.165, 1.54) is 51.9 Å². The predicted molar refractivity (Wildman–Crippen MR) is 179 cm³/mol. The third-order valence-electron chi connectivity index (χ3n) is 6.94. The van der Waals surface area contributed by atoms with Crippen molar-refractivity contribution in [3.05, 3.63) is 22.2 Å². The largest absolute Gasteiger partial charge is 0.494 e. The highest BCUT2D eigenvalue weighted by Gasteiger charge is 2.22. The van der Waals surface area contributed by atoms with Crippen LogP contribution in [0.1, 0.15) is 116 Å². The van der Waals surface area contributed by atoms with Gasteiger partial charge in [-0.1, -0.05) is 109 Å². The lowest BCUT2D eigenvalue weighted by Gasteiger charge is -2.34. The number of carbonyl (C=O) groups excluding carboxylic acids is 2. The van der Waals surface area contributed by atoms with E-state index in [0.29, 0.717) is 40.1 Å². The molecule has 42 heavy (non-hydrogen) atoms. The molecule has 10 heteroatoms. The molecule has 0 bridgehead atoms. The molecule has 1 aromatic heterocycles. The number of benzene rings is 1. The van der Waals surface area contributed by atoms with E-state index in [0.717, 1.165) is 43.0 Å². The monoisotopic (exact) mass is 621 g/mol. The maximum absolute atomic E-state index is 12.2. The van der Waals surface area contributed by atoms with Crippen LogP contribution in [0.5, 0.6) is 5.75 Å². The molecule has 0 aliphatic heterocycles. The number of ether oxygens (including phenoxy) is 1. The number of rotatable bonds is 18. The Hall–Kier alpha value is -2.52. The first kappa shape index (κ1) is 37.5. The van der Waals surface area contributed by atoms with Crippen molar-refractivity contribution in [1.29, 1.82) is 0 Å². The van der Waals surface area contributed by atoms with Gasteiger partial charge in [0.05, 0.1) is 18.5 Å². The Morgan fingerprint density at radius 1 is 1.05 bits per heavy atom. The van der Waals surface area contributed by atoms with Crippen LogP contribution in [0.2, 0.25) is 5.15 Å². The molecule has 0 radical (unpaired) electrons. The molecule has 8 nitrogen and oxygen atoms in total. The van der Waals surface area contributed by atoms with Crippen molar-refractivity contribution in [3.63, 3.8) is 0 Å². The van der Waals surface area contributed by atoms with E-state index in [9.17, 15) is 9.59 Å². The van der Waals surface area contributed by atoms with Crippen LogP contribution < -0.4 is 15.0 Å². The number of amides is 1. The molecule has 0 saturated carbocycles. The summed E-state index contributed by atoms with van der Waals surface area (Å²) >= 11 is 7.03. The summed E-state index contributed by atoms with van der Waals surface area (Å²) in [4.78, 5) is 30.1. The topological polar surface area (TPSA) is 96.3 Å². The number of methoxy groups -OCH3 is 1. The standard InChI is InChI=1S/C29H44ClN5O3S.C3H8/c1-7-11-13-21(9-3)17-35(18-22(10-4)14-12-8-2)25-15-23(31-20(5)37)24(16-26(25)38-6)33-34-29-32-28(30)27(19-36)39-29;1-3-2/h15-16,19,21-22H,7-14,17-18H2,1-6H3,(H,31,37);3H2,1-2H3. The summed E-state index contributed by atoms with van der Waals surface area (Å²) < 4.78 is 5.88. The molecule has 0 saturated heterocycles. The lowest BCUT2D eigenvalue weighted by molar-refractivity contribution is -0.114. The highest BCUT2D eigenvalue weighted by Crippen LogP contribution is 2.41. The van der Waals surface area contributed by atoms with Gasteiger partial charge < -0.3 is 15.0 Å². The van der Waals surface area contributed by atoms with E-state index in [-0.39, 0.29) is 16.2 Å². The quantitative estimate of drug-likeness (QED) is 0.132. The minimum Gasteiger partial charge on any atom is -0.494 e. The third kappa shape index (κ3) is 12.8. The van der Waals surface area contributed by atoms with E-state index in [1.54, 1.807) is 13.2 Å². The number of thiazole rings is 1. The van der Waals surface area contributed by atoms with Crippen LogP contribution in [0.15, 0.2) is 22.4 Å². The smallest absolute Gasteiger partial charge is 0.232 e. The SMILES string of the molecule is CCC.CCCCC(CC)CN(CC(CC)CCCC)c1cc(NC(C)=O)c(N=Nc2nc(Cl)c(C=O)s2)cc1OC. The fraction of sp³-hybridized carbons (Fsp3) is 0.656. The van der Waals surface area contributed by atoms with Gasteiger partial charge in [-0.2, -0.15) is 0 Å². The van der Waals surface area contributed by atoms with Crippen molar-refractivity contribution >= 4 is 57.3 Å². The summed E-state index contributed by atoms with van der Waals surface area (Å²) in [5.74, 6) is 1.57. The maximum Gasteiger partial charge on any atom is 0.232 e. The molecular formula is C32H52ClN5O3S. The van der Waals surface area contributed by atoms with Gasteiger partial charge in [-0.3, -0.25) is 9.59 Å². The molecule has 1 amide bonds. The Labute approximate surface area is 262 Å². The molecule has 2 unspecified atom stereocenters. The number of nitrogens with zero attached hydrogens (tertiary/aromatic N) is 4. The molecule has 2 rings (SSSR count). The van der Waals surface area contributed by atoms with Gasteiger partial charge in [0.15, 0.2) is 11.4 Å². The summed E-state index contributed by atoms with van der Waals surface area (Å²) in [6, 6.07) is 3.74. The average Bonchev–Trinajstić information content (AvgIpc) is 3.34. The highest BCUT2D eigenvalue weighted by molar-refractivity contribution is 7.17. The number of halogens is 1. The summed E-state index contributed by atoms with van der Waals surface area (Å²) in [7, 11) is 1.65. The normalized spacial score (nSPS) is 12.4. The molecule has 236 valence electrons. The number of aldehydes is 1. The fourth-order valence-corrected chi connectivity index (χ4v) is 5.47. The van der Waals surface area contributed by atoms with Gasteiger partial charge in [0, 0.05) is 26.1 Å². The number of hydrogen-bond donors (Lipinski definition) is 1. The van der Waals surface area contributed by atoms with Crippen LogP contribution in [-0.2, 0) is 4.79 Å². The van der Waals surface area contributed by atoms with Gasteiger partial charge in [0.25, 0.3) is 0 Å². The Morgan fingerprint density at radius 2 is 1.62 bits per heavy atom. The van der Waals surface area contributed by atoms with Gasteiger partial charge in [-0.25, -0.2) is 4.98 Å². The van der Waals surface area contributed by atoms with E-state index >= 15 is 0 Å². The van der Waals surface area contributed by atoms with Crippen LogP contribution in [0.25, 0.3) is 0 Å². The average molecular weight is 622 g/mol. The first-order valence-corrected chi connectivity index (χ1v) is 16.7. The van der Waals surface area contributed by atoms with Gasteiger partial charge >= 0.3 is 0 Å². The Balaban J connectivity index is 0.00000281. The third-order valence-corrected chi connectivity index (χ3v) is 8.21. The lowest BCUT2D eigenvalue weighted by atomic mass is 9.95. The molecule has 2 aromatic rings. The van der Waals surface area contributed by atoms with Gasteiger partial charge in [0.2, 0.25) is 11.0 Å². The summed E-state index contributed by atoms with van der Waals surface area (Å²) in [6.45, 7) is 16.5. The molecule has 1 aromatic carbocycles. The molecular weight excluding hydrogens is 570 g/mol. The lowest BCUT2D eigenvalue weighted by Crippen LogP contribution is -2.34. The number of aromatic nitrogens is 1. The Kier molecular flexibility index (Phi) is 18.9. The van der Waals surface area contributed by atoms with Crippen molar-refractivity contribution in [2.45, 2.75) is 106 Å². The van der Waals surface area contributed by atoms with Gasteiger partial charge in [-0.05, 0) is 30.7 Å². The van der Waals surface area contributed by atoms with Gasteiger partial charge in [0.1, 0.15) is 16.3 Å². The molecule has 0 aliphatic rings. The van der Waals surface area contributed by atoms with Crippen LogP contribution in [0.4, 0.5) is 22.2 Å².